The van der Waals surface area contributed by atoms with Crippen molar-refractivity contribution in [3.63, 3.8) is 0 Å². The molecule has 4 nitrogen and oxygen atoms in total. The molecule has 1 amide bonds. The van der Waals surface area contributed by atoms with E-state index in [-0.39, 0.29) is 5.91 Å². The number of carbonyl (C=O) groups excluding carboxylic acids is 1. The van der Waals surface area contributed by atoms with E-state index in [0.29, 0.717) is 0 Å². The summed E-state index contributed by atoms with van der Waals surface area (Å²) in [7, 11) is 0. The van der Waals surface area contributed by atoms with E-state index < -0.39 is 0 Å². The van der Waals surface area contributed by atoms with Gasteiger partial charge >= 0.3 is 0 Å². The number of hydrogen-bond acceptors (Lipinski definition) is 3. The van der Waals surface area contributed by atoms with E-state index in [1.54, 1.807) is 0 Å². The Balaban J connectivity index is 1.82. The summed E-state index contributed by atoms with van der Waals surface area (Å²) in [6.45, 7) is 7.66. The molecule has 0 spiro atoms. The van der Waals surface area contributed by atoms with Crippen molar-refractivity contribution in [1.29, 1.82) is 0 Å². The molecule has 1 heterocycles. The summed E-state index contributed by atoms with van der Waals surface area (Å²) in [5, 5.41) is 2.85. The molecule has 2 aromatic carbocycles. The lowest BCUT2D eigenvalue weighted by atomic mass is 10.1. The first-order chi connectivity index (χ1) is 11.2. The Labute approximate surface area is 137 Å². The van der Waals surface area contributed by atoms with E-state index in [1.165, 1.54) is 23.9 Å². The van der Waals surface area contributed by atoms with Crippen LogP contribution in [-0.4, -0.2) is 25.5 Å². The molecule has 1 aliphatic heterocycles. The molecule has 0 aromatic heterocycles. The normalized spacial score (nSPS) is 13.7. The highest BCUT2D eigenvalue weighted by Crippen LogP contribution is 2.33. The van der Waals surface area contributed by atoms with Crippen LogP contribution in [-0.2, 0) is 11.3 Å². The third-order valence-electron chi connectivity index (χ3n) is 4.21. The zero-order valence-electron chi connectivity index (χ0n) is 13.7. The first-order valence-electron chi connectivity index (χ1n) is 8.13. The fourth-order valence-corrected chi connectivity index (χ4v) is 3.15. The number of likely N-dealkylation sites (N-methyl/N-ethyl adjacent to an activating group) is 1. The quantitative estimate of drug-likeness (QED) is 0.939. The number of carbonyl (C=O) groups is 1. The first kappa shape index (κ1) is 15.4. The van der Waals surface area contributed by atoms with Gasteiger partial charge in [-0.3, -0.25) is 4.79 Å². The number of rotatable bonds is 4. The van der Waals surface area contributed by atoms with E-state index in [0.717, 1.165) is 31.9 Å². The summed E-state index contributed by atoms with van der Waals surface area (Å²) in [5.74, 6) is -0.0379. The smallest absolute Gasteiger partial charge is 0.221 e. The second-order valence-electron chi connectivity index (χ2n) is 5.87. The van der Waals surface area contributed by atoms with Crippen LogP contribution in [0.2, 0.25) is 0 Å². The molecule has 1 N–H and O–H groups in total. The molecule has 0 fully saturated rings. The Morgan fingerprint density at radius 2 is 1.74 bits per heavy atom. The molecule has 0 saturated carbocycles. The van der Waals surface area contributed by atoms with E-state index in [9.17, 15) is 4.79 Å². The summed E-state index contributed by atoms with van der Waals surface area (Å²) < 4.78 is 0. The minimum atomic E-state index is -0.0379. The van der Waals surface area contributed by atoms with Gasteiger partial charge in [-0.2, -0.15) is 0 Å². The summed E-state index contributed by atoms with van der Waals surface area (Å²) in [6, 6.07) is 16.7. The summed E-state index contributed by atoms with van der Waals surface area (Å²) in [4.78, 5) is 16.0. The third kappa shape index (κ3) is 3.47. The number of hydrogen-bond donors (Lipinski definition) is 1. The van der Waals surface area contributed by atoms with E-state index in [1.807, 2.05) is 12.1 Å². The van der Waals surface area contributed by atoms with Gasteiger partial charge in [0.05, 0.1) is 11.4 Å². The highest BCUT2D eigenvalue weighted by Gasteiger charge is 2.21. The number of amides is 1. The van der Waals surface area contributed by atoms with Gasteiger partial charge in [-0.15, -0.1) is 0 Å². The van der Waals surface area contributed by atoms with Crippen LogP contribution < -0.4 is 15.1 Å². The number of para-hydroxylation sites is 2. The Bertz CT molecular complexity index is 699. The Morgan fingerprint density at radius 3 is 2.43 bits per heavy atom. The fourth-order valence-electron chi connectivity index (χ4n) is 3.15. The van der Waals surface area contributed by atoms with Crippen molar-refractivity contribution >= 4 is 23.0 Å². The predicted octanol–water partition coefficient (Wildman–Crippen LogP) is 3.49. The van der Waals surface area contributed by atoms with Crippen LogP contribution in [0.4, 0.5) is 17.1 Å². The van der Waals surface area contributed by atoms with Crippen molar-refractivity contribution in [2.24, 2.45) is 0 Å². The van der Waals surface area contributed by atoms with Crippen LogP contribution >= 0.6 is 0 Å². The third-order valence-corrected chi connectivity index (χ3v) is 4.21. The molecular formula is C19H23N3O. The van der Waals surface area contributed by atoms with Crippen molar-refractivity contribution in [1.82, 2.24) is 0 Å². The topological polar surface area (TPSA) is 35.6 Å². The average Bonchev–Trinajstić information content (AvgIpc) is 2.55. The Kier molecular flexibility index (Phi) is 4.51. The highest BCUT2D eigenvalue weighted by molar-refractivity contribution is 5.88. The number of nitrogens with zero attached hydrogens (tertiary/aromatic N) is 2. The minimum absolute atomic E-state index is 0.0379. The van der Waals surface area contributed by atoms with Crippen LogP contribution in [0.3, 0.4) is 0 Å². The summed E-state index contributed by atoms with van der Waals surface area (Å²) in [5.41, 5.74) is 4.65. The average molecular weight is 309 g/mol. The van der Waals surface area contributed by atoms with Gasteiger partial charge in [0.15, 0.2) is 0 Å². The van der Waals surface area contributed by atoms with Crippen LogP contribution in [0.25, 0.3) is 0 Å². The van der Waals surface area contributed by atoms with Gasteiger partial charge in [0.25, 0.3) is 0 Å². The monoisotopic (exact) mass is 309 g/mol. The zero-order chi connectivity index (χ0) is 16.2. The van der Waals surface area contributed by atoms with Crippen molar-refractivity contribution in [2.75, 3.05) is 34.8 Å². The first-order valence-corrected chi connectivity index (χ1v) is 8.13. The molecule has 1 aliphatic rings. The zero-order valence-corrected chi connectivity index (χ0v) is 13.7. The molecule has 2 aromatic rings. The number of nitrogens with one attached hydrogen (secondary N) is 1. The molecule has 0 saturated heterocycles. The van der Waals surface area contributed by atoms with Gasteiger partial charge in [0.2, 0.25) is 5.91 Å². The maximum Gasteiger partial charge on any atom is 0.221 e. The van der Waals surface area contributed by atoms with Gasteiger partial charge < -0.3 is 15.1 Å². The van der Waals surface area contributed by atoms with Gasteiger partial charge in [-0.25, -0.2) is 0 Å². The molecule has 3 rings (SSSR count). The largest absolute Gasteiger partial charge is 0.368 e. The van der Waals surface area contributed by atoms with Gasteiger partial charge in [-0.05, 0) is 36.8 Å². The van der Waals surface area contributed by atoms with Crippen molar-refractivity contribution < 1.29 is 4.79 Å². The molecule has 4 heteroatoms. The molecule has 0 radical (unpaired) electrons. The van der Waals surface area contributed by atoms with E-state index in [2.05, 4.69) is 58.4 Å². The van der Waals surface area contributed by atoms with E-state index >= 15 is 0 Å². The molecule has 0 unspecified atom stereocenters. The number of fused-ring (bicyclic) bond motifs is 1. The Hall–Kier alpha value is -2.49. The Morgan fingerprint density at radius 1 is 1.04 bits per heavy atom. The molecular weight excluding hydrogens is 286 g/mol. The molecule has 0 atom stereocenters. The van der Waals surface area contributed by atoms with Crippen LogP contribution in [0, 0.1) is 0 Å². The molecule has 23 heavy (non-hydrogen) atoms. The minimum Gasteiger partial charge on any atom is -0.368 e. The lowest BCUT2D eigenvalue weighted by Gasteiger charge is -2.38. The summed E-state index contributed by atoms with van der Waals surface area (Å²) in [6.07, 6.45) is 0. The lowest BCUT2D eigenvalue weighted by molar-refractivity contribution is -0.114. The lowest BCUT2D eigenvalue weighted by Crippen LogP contribution is -2.40. The maximum absolute atomic E-state index is 11.2. The van der Waals surface area contributed by atoms with E-state index in [4.69, 9.17) is 0 Å². The molecule has 120 valence electrons. The van der Waals surface area contributed by atoms with Crippen LogP contribution in [0.1, 0.15) is 19.4 Å². The molecule has 0 aliphatic carbocycles. The second kappa shape index (κ2) is 6.73. The summed E-state index contributed by atoms with van der Waals surface area (Å²) >= 11 is 0. The van der Waals surface area contributed by atoms with Crippen molar-refractivity contribution in [2.45, 2.75) is 20.4 Å². The number of anilines is 3. The van der Waals surface area contributed by atoms with Gasteiger partial charge in [0.1, 0.15) is 0 Å². The molecule has 0 bridgehead atoms. The van der Waals surface area contributed by atoms with Crippen LogP contribution in [0.15, 0.2) is 48.5 Å². The fraction of sp³-hybridized carbons (Fsp3) is 0.316. The predicted molar refractivity (Wildman–Crippen MR) is 96.1 cm³/mol. The van der Waals surface area contributed by atoms with Crippen LogP contribution in [0.5, 0.6) is 0 Å². The highest BCUT2D eigenvalue weighted by atomic mass is 16.1. The second-order valence-corrected chi connectivity index (χ2v) is 5.87. The van der Waals surface area contributed by atoms with Gasteiger partial charge in [-0.1, -0.05) is 24.3 Å². The standard InChI is InChI=1S/C19H23N3O/c1-3-21-11-12-22(19-10-5-4-9-18(19)21)14-16-7-6-8-17(13-16)20-15(2)23/h4-10,13H,3,11-12,14H2,1-2H3,(H,20,23). The maximum atomic E-state index is 11.2. The SMILES string of the molecule is CCN1CCN(Cc2cccc(NC(C)=O)c2)c2ccccc21. The van der Waals surface area contributed by atoms with Crippen molar-refractivity contribution in [3.05, 3.63) is 54.1 Å². The van der Waals surface area contributed by atoms with Gasteiger partial charge in [0, 0.05) is 38.8 Å². The van der Waals surface area contributed by atoms with Crippen molar-refractivity contribution in [3.8, 4) is 0 Å². The number of benzene rings is 2.